The lowest BCUT2D eigenvalue weighted by Gasteiger charge is -2.20. The Bertz CT molecular complexity index is 1330. The van der Waals surface area contributed by atoms with Crippen molar-refractivity contribution >= 4 is 35.0 Å². The largest absolute Gasteiger partial charge is 0.454 e. The molecule has 0 aromatic heterocycles. The van der Waals surface area contributed by atoms with Gasteiger partial charge < -0.3 is 15.4 Å². The molecule has 34 heavy (non-hydrogen) atoms. The van der Waals surface area contributed by atoms with Crippen LogP contribution in [0.5, 0.6) is 0 Å². The predicted octanol–water partition coefficient (Wildman–Crippen LogP) is 2.68. The maximum Gasteiger partial charge on any atom is 0.325 e. The van der Waals surface area contributed by atoms with Crippen LogP contribution < -0.4 is 10.6 Å². The summed E-state index contributed by atoms with van der Waals surface area (Å²) >= 11 is 0. The number of rotatable bonds is 6. The van der Waals surface area contributed by atoms with Crippen LogP contribution in [-0.4, -0.2) is 42.5 Å². The van der Waals surface area contributed by atoms with E-state index in [2.05, 4.69) is 10.6 Å². The van der Waals surface area contributed by atoms with Gasteiger partial charge in [0, 0.05) is 22.3 Å². The van der Waals surface area contributed by atoms with E-state index in [0.29, 0.717) is 11.1 Å². The fourth-order valence-electron chi connectivity index (χ4n) is 3.59. The molecule has 8 nitrogen and oxygen atoms in total. The number of hydrogen-bond acceptors (Lipinski definition) is 6. The average Bonchev–Trinajstić information content (AvgIpc) is 2.85. The number of anilines is 1. The highest BCUT2D eigenvalue weighted by Crippen LogP contribution is 2.31. The number of ether oxygens (including phenoxy) is 1. The quantitative estimate of drug-likeness (QED) is 0.431. The molecule has 1 aliphatic rings. The third-order valence-electron chi connectivity index (χ3n) is 5.30. The molecule has 0 unspecified atom stereocenters. The Morgan fingerprint density at radius 2 is 1.44 bits per heavy atom. The van der Waals surface area contributed by atoms with Gasteiger partial charge in [0.15, 0.2) is 18.2 Å². The van der Waals surface area contributed by atoms with E-state index >= 15 is 0 Å². The fraction of sp³-hybridized carbons (Fsp3) is 0.115. The van der Waals surface area contributed by atoms with Crippen molar-refractivity contribution in [1.82, 2.24) is 5.32 Å². The van der Waals surface area contributed by atoms with Gasteiger partial charge in [-0.1, -0.05) is 54.1 Å². The van der Waals surface area contributed by atoms with Gasteiger partial charge in [0.2, 0.25) is 0 Å². The van der Waals surface area contributed by atoms with Gasteiger partial charge in [-0.2, -0.15) is 0 Å². The van der Waals surface area contributed by atoms with Crippen molar-refractivity contribution in [2.24, 2.45) is 0 Å². The van der Waals surface area contributed by atoms with Crippen LogP contribution in [0.25, 0.3) is 0 Å². The van der Waals surface area contributed by atoms with E-state index in [0.717, 1.165) is 5.56 Å². The molecule has 0 saturated heterocycles. The molecular weight excluding hydrogens is 436 g/mol. The number of hydrogen-bond donors (Lipinski definition) is 2. The average molecular weight is 456 g/mol. The number of carbonyl (C=O) groups is 5. The highest BCUT2D eigenvalue weighted by Gasteiger charge is 2.31. The van der Waals surface area contributed by atoms with E-state index in [1.54, 1.807) is 54.6 Å². The molecule has 0 saturated carbocycles. The lowest BCUT2D eigenvalue weighted by Crippen LogP contribution is -2.32. The van der Waals surface area contributed by atoms with Crippen molar-refractivity contribution in [3.63, 3.8) is 0 Å². The number of carbonyl (C=O) groups excluding carboxylic acids is 5. The Hall–Kier alpha value is -4.59. The van der Waals surface area contributed by atoms with E-state index in [9.17, 15) is 24.0 Å². The Morgan fingerprint density at radius 1 is 0.794 bits per heavy atom. The molecule has 2 amide bonds. The van der Waals surface area contributed by atoms with Crippen molar-refractivity contribution in [3.05, 3.63) is 100 Å². The van der Waals surface area contributed by atoms with E-state index < -0.39 is 30.9 Å². The van der Waals surface area contributed by atoms with Crippen LogP contribution in [-0.2, 0) is 14.3 Å². The molecule has 3 aromatic carbocycles. The predicted molar refractivity (Wildman–Crippen MR) is 123 cm³/mol. The topological polar surface area (TPSA) is 119 Å². The van der Waals surface area contributed by atoms with Crippen molar-refractivity contribution < 1.29 is 28.7 Å². The summed E-state index contributed by atoms with van der Waals surface area (Å²) in [5, 5.41) is 4.95. The summed E-state index contributed by atoms with van der Waals surface area (Å²) in [5.41, 5.74) is 2.40. The van der Waals surface area contributed by atoms with Crippen LogP contribution in [0.4, 0.5) is 5.69 Å². The van der Waals surface area contributed by atoms with Crippen LogP contribution in [0.3, 0.4) is 0 Å². The molecule has 3 aromatic rings. The molecule has 0 bridgehead atoms. The van der Waals surface area contributed by atoms with Crippen molar-refractivity contribution in [2.45, 2.75) is 6.92 Å². The number of benzene rings is 3. The summed E-state index contributed by atoms with van der Waals surface area (Å²) in [6.45, 7) is 0.855. The normalized spacial score (nSPS) is 11.8. The summed E-state index contributed by atoms with van der Waals surface area (Å²) in [4.78, 5) is 62.1. The summed E-state index contributed by atoms with van der Waals surface area (Å²) < 4.78 is 4.91. The minimum Gasteiger partial charge on any atom is -0.454 e. The van der Waals surface area contributed by atoms with Crippen molar-refractivity contribution in [3.8, 4) is 0 Å². The number of nitrogens with one attached hydrogen (secondary N) is 2. The van der Waals surface area contributed by atoms with Gasteiger partial charge in [-0.05, 0) is 25.1 Å². The van der Waals surface area contributed by atoms with E-state index in [1.165, 1.54) is 12.1 Å². The first-order valence-corrected chi connectivity index (χ1v) is 10.5. The molecule has 0 atom stereocenters. The maximum atomic E-state index is 13.0. The smallest absolute Gasteiger partial charge is 0.325 e. The van der Waals surface area contributed by atoms with Crippen molar-refractivity contribution in [2.75, 3.05) is 18.5 Å². The number of amides is 2. The SMILES string of the molecule is Cc1ccc(C(=O)NCC(=O)OCC(=O)Nc2cccc3c2C(=O)c2ccccc2C3=O)cc1. The summed E-state index contributed by atoms with van der Waals surface area (Å²) in [7, 11) is 0. The standard InChI is InChI=1S/C26H20N2O6/c1-15-9-11-16(12-10-15)26(33)27-13-22(30)34-14-21(29)28-20-8-4-7-19-23(20)25(32)18-6-3-2-5-17(18)24(19)31/h2-12H,13-14H2,1H3,(H,27,33)(H,28,29). The zero-order chi connectivity index (χ0) is 24.2. The molecule has 1 aliphatic carbocycles. The number of fused-ring (bicyclic) bond motifs is 2. The molecule has 0 spiro atoms. The zero-order valence-corrected chi connectivity index (χ0v) is 18.2. The van der Waals surface area contributed by atoms with E-state index in [-0.39, 0.29) is 33.9 Å². The van der Waals surface area contributed by atoms with Gasteiger partial charge >= 0.3 is 5.97 Å². The van der Waals surface area contributed by atoms with Gasteiger partial charge in [-0.3, -0.25) is 24.0 Å². The highest BCUT2D eigenvalue weighted by molar-refractivity contribution is 6.30. The molecular formula is C26H20N2O6. The molecule has 170 valence electrons. The first-order valence-electron chi connectivity index (χ1n) is 10.5. The summed E-state index contributed by atoms with van der Waals surface area (Å²) in [6.07, 6.45) is 0. The first-order chi connectivity index (χ1) is 16.3. The minimum atomic E-state index is -0.800. The Morgan fingerprint density at radius 3 is 2.15 bits per heavy atom. The van der Waals surface area contributed by atoms with Gasteiger partial charge in [0.05, 0.1) is 11.3 Å². The molecule has 0 aliphatic heterocycles. The van der Waals surface area contributed by atoms with Gasteiger partial charge in [-0.15, -0.1) is 0 Å². The Kier molecular flexibility index (Phi) is 6.31. The van der Waals surface area contributed by atoms with Gasteiger partial charge in [0.25, 0.3) is 11.8 Å². The Balaban J connectivity index is 1.35. The van der Waals surface area contributed by atoms with Crippen LogP contribution in [0.1, 0.15) is 47.8 Å². The minimum absolute atomic E-state index is 0.0937. The highest BCUT2D eigenvalue weighted by atomic mass is 16.5. The maximum absolute atomic E-state index is 13.0. The van der Waals surface area contributed by atoms with E-state index in [4.69, 9.17) is 4.74 Å². The molecule has 0 radical (unpaired) electrons. The number of esters is 1. The second-order valence-corrected chi connectivity index (χ2v) is 7.69. The van der Waals surface area contributed by atoms with E-state index in [1.807, 2.05) is 6.92 Å². The summed E-state index contributed by atoms with van der Waals surface area (Å²) in [6, 6.07) is 17.9. The third kappa shape index (κ3) is 4.61. The summed E-state index contributed by atoms with van der Waals surface area (Å²) in [5.74, 6) is -2.62. The second-order valence-electron chi connectivity index (χ2n) is 7.69. The van der Waals surface area contributed by atoms with Crippen LogP contribution in [0.15, 0.2) is 66.7 Å². The number of aryl methyl sites for hydroxylation is 1. The Labute approximate surface area is 194 Å². The monoisotopic (exact) mass is 456 g/mol. The molecule has 0 heterocycles. The van der Waals surface area contributed by atoms with Crippen LogP contribution in [0.2, 0.25) is 0 Å². The molecule has 8 heteroatoms. The van der Waals surface area contributed by atoms with Crippen LogP contribution >= 0.6 is 0 Å². The van der Waals surface area contributed by atoms with Crippen LogP contribution in [0, 0.1) is 6.92 Å². The first kappa shape index (κ1) is 22.6. The van der Waals surface area contributed by atoms with Gasteiger partial charge in [-0.25, -0.2) is 0 Å². The molecule has 0 fully saturated rings. The lowest BCUT2D eigenvalue weighted by molar-refractivity contribution is -0.146. The lowest BCUT2D eigenvalue weighted by atomic mass is 9.83. The second kappa shape index (κ2) is 9.50. The van der Waals surface area contributed by atoms with Gasteiger partial charge in [0.1, 0.15) is 6.54 Å². The molecule has 4 rings (SSSR count). The fourth-order valence-corrected chi connectivity index (χ4v) is 3.59. The third-order valence-corrected chi connectivity index (χ3v) is 5.30. The molecule has 2 N–H and O–H groups in total. The number of ketones is 2. The van der Waals surface area contributed by atoms with Crippen molar-refractivity contribution in [1.29, 1.82) is 0 Å². The zero-order valence-electron chi connectivity index (χ0n) is 18.2.